The standard InChI is InChI=1S/C29H30ClNO6S/c1-3-31-21-12-8-14-23(32)27(21)26(28-22(31)13-9-15-24(28)33)18-16-20(30)29(25(17-18)36-4-2)37-38(34,35)19-10-6-5-7-11-19/h5-7,10-11,16-17,26H,3-4,8-9,12-15H2,1-2H3. The summed E-state index contributed by atoms with van der Waals surface area (Å²) >= 11 is 6.68. The Bertz CT molecular complexity index is 1420. The van der Waals surface area contributed by atoms with Crippen LogP contribution in [0.5, 0.6) is 11.5 Å². The number of halogens is 1. The van der Waals surface area contributed by atoms with Gasteiger partial charge in [-0.15, -0.1) is 0 Å². The zero-order valence-electron chi connectivity index (χ0n) is 21.5. The maximum absolute atomic E-state index is 13.4. The number of nitrogens with zero attached hydrogens (tertiary/aromatic N) is 1. The van der Waals surface area contributed by atoms with Gasteiger partial charge in [0.25, 0.3) is 0 Å². The molecule has 2 aromatic rings. The Morgan fingerprint density at radius 3 is 2.08 bits per heavy atom. The molecule has 0 amide bonds. The first-order valence-electron chi connectivity index (χ1n) is 13.0. The molecule has 7 nitrogen and oxygen atoms in total. The van der Waals surface area contributed by atoms with E-state index >= 15 is 0 Å². The van der Waals surface area contributed by atoms with Gasteiger partial charge in [0, 0.05) is 47.8 Å². The number of carbonyl (C=O) groups excluding carboxylic acids is 2. The number of hydrogen-bond acceptors (Lipinski definition) is 7. The third kappa shape index (κ3) is 4.64. The van der Waals surface area contributed by atoms with Gasteiger partial charge in [0.2, 0.25) is 5.75 Å². The van der Waals surface area contributed by atoms with Gasteiger partial charge in [0.1, 0.15) is 4.90 Å². The van der Waals surface area contributed by atoms with Crippen LogP contribution in [0.25, 0.3) is 0 Å². The van der Waals surface area contributed by atoms with Gasteiger partial charge in [-0.25, -0.2) is 0 Å². The zero-order valence-corrected chi connectivity index (χ0v) is 23.0. The van der Waals surface area contributed by atoms with Crippen molar-refractivity contribution in [3.05, 3.63) is 75.6 Å². The quantitative estimate of drug-likeness (QED) is 0.390. The molecule has 0 fully saturated rings. The maximum Gasteiger partial charge on any atom is 0.339 e. The molecule has 0 bridgehead atoms. The second-order valence-electron chi connectivity index (χ2n) is 9.56. The van der Waals surface area contributed by atoms with E-state index in [1.807, 2.05) is 6.92 Å². The van der Waals surface area contributed by atoms with Gasteiger partial charge in [-0.05, 0) is 69.4 Å². The topological polar surface area (TPSA) is 90.0 Å². The van der Waals surface area contributed by atoms with Crippen LogP contribution in [0, 0.1) is 0 Å². The van der Waals surface area contributed by atoms with Gasteiger partial charge in [-0.3, -0.25) is 9.59 Å². The van der Waals surface area contributed by atoms with E-state index in [-0.39, 0.29) is 39.6 Å². The molecule has 0 spiro atoms. The van der Waals surface area contributed by atoms with Crippen molar-refractivity contribution in [2.75, 3.05) is 13.2 Å². The molecule has 38 heavy (non-hydrogen) atoms. The first-order chi connectivity index (χ1) is 18.3. The lowest BCUT2D eigenvalue weighted by molar-refractivity contribution is -0.117. The summed E-state index contributed by atoms with van der Waals surface area (Å²) in [6.45, 7) is 4.72. The molecule has 0 saturated carbocycles. The van der Waals surface area contributed by atoms with E-state index in [2.05, 4.69) is 4.90 Å². The Hall–Kier alpha value is -3.10. The predicted octanol–water partition coefficient (Wildman–Crippen LogP) is 5.94. The Morgan fingerprint density at radius 2 is 1.53 bits per heavy atom. The van der Waals surface area contributed by atoms with Crippen molar-refractivity contribution in [1.82, 2.24) is 4.90 Å². The molecular weight excluding hydrogens is 526 g/mol. The van der Waals surface area contributed by atoms with Crippen LogP contribution >= 0.6 is 11.6 Å². The van der Waals surface area contributed by atoms with Crippen molar-refractivity contribution in [2.45, 2.75) is 63.2 Å². The van der Waals surface area contributed by atoms with Gasteiger partial charge in [-0.1, -0.05) is 29.8 Å². The van der Waals surface area contributed by atoms with E-state index in [9.17, 15) is 18.0 Å². The summed E-state index contributed by atoms with van der Waals surface area (Å²) < 4.78 is 37.3. The molecule has 2 aromatic carbocycles. The lowest BCUT2D eigenvalue weighted by Crippen LogP contribution is -2.39. The highest BCUT2D eigenvalue weighted by Crippen LogP contribution is 2.51. The van der Waals surface area contributed by atoms with Crippen molar-refractivity contribution in [1.29, 1.82) is 0 Å². The first kappa shape index (κ1) is 26.5. The third-order valence-corrected chi connectivity index (χ3v) is 8.81. The Morgan fingerprint density at radius 1 is 0.921 bits per heavy atom. The number of ether oxygens (including phenoxy) is 1. The van der Waals surface area contributed by atoms with Gasteiger partial charge >= 0.3 is 10.1 Å². The lowest BCUT2D eigenvalue weighted by atomic mass is 9.71. The summed E-state index contributed by atoms with van der Waals surface area (Å²) in [5, 5.41) is 0.0270. The molecule has 5 rings (SSSR count). The minimum Gasteiger partial charge on any atom is -0.490 e. The molecule has 0 aromatic heterocycles. The summed E-state index contributed by atoms with van der Waals surface area (Å²) in [7, 11) is -4.18. The number of carbonyl (C=O) groups is 2. The number of rotatable bonds is 7. The largest absolute Gasteiger partial charge is 0.490 e. The molecule has 0 N–H and O–H groups in total. The maximum atomic E-state index is 13.4. The van der Waals surface area contributed by atoms with E-state index in [0.29, 0.717) is 36.1 Å². The average Bonchev–Trinajstić information content (AvgIpc) is 2.90. The fourth-order valence-electron chi connectivity index (χ4n) is 5.77. The number of benzene rings is 2. The molecule has 3 aliphatic rings. The summed E-state index contributed by atoms with van der Waals surface area (Å²) in [4.78, 5) is 28.9. The van der Waals surface area contributed by atoms with Crippen molar-refractivity contribution in [3.63, 3.8) is 0 Å². The van der Waals surface area contributed by atoms with Crippen LogP contribution in [-0.2, 0) is 19.7 Å². The first-order valence-corrected chi connectivity index (χ1v) is 14.8. The number of ketones is 2. The molecule has 0 saturated heterocycles. The van der Waals surface area contributed by atoms with E-state index in [1.165, 1.54) is 12.1 Å². The van der Waals surface area contributed by atoms with Crippen LogP contribution in [0.2, 0.25) is 5.02 Å². The normalized spacial score (nSPS) is 18.4. The Kier molecular flexibility index (Phi) is 7.38. The van der Waals surface area contributed by atoms with Gasteiger partial charge in [0.05, 0.1) is 11.6 Å². The molecule has 2 aliphatic carbocycles. The number of Topliss-reactive ketones (excluding diaryl/α,β-unsaturated/α-hetero) is 2. The number of allylic oxidation sites excluding steroid dienone is 4. The lowest BCUT2D eigenvalue weighted by Gasteiger charge is -2.43. The van der Waals surface area contributed by atoms with Crippen molar-refractivity contribution in [3.8, 4) is 11.5 Å². The van der Waals surface area contributed by atoms with Crippen LogP contribution in [-0.4, -0.2) is 38.0 Å². The average molecular weight is 556 g/mol. The summed E-state index contributed by atoms with van der Waals surface area (Å²) in [6, 6.07) is 11.1. The highest BCUT2D eigenvalue weighted by molar-refractivity contribution is 7.87. The molecule has 1 heterocycles. The molecule has 200 valence electrons. The van der Waals surface area contributed by atoms with Crippen LogP contribution in [0.15, 0.2) is 69.9 Å². The molecule has 0 radical (unpaired) electrons. The smallest absolute Gasteiger partial charge is 0.339 e. The van der Waals surface area contributed by atoms with E-state index in [4.69, 9.17) is 20.5 Å². The molecule has 0 atom stereocenters. The molecule has 0 unspecified atom stereocenters. The van der Waals surface area contributed by atoms with Crippen molar-refractivity contribution in [2.24, 2.45) is 0 Å². The summed E-state index contributed by atoms with van der Waals surface area (Å²) in [5.41, 5.74) is 3.84. The van der Waals surface area contributed by atoms with Crippen LogP contribution in [0.3, 0.4) is 0 Å². The van der Waals surface area contributed by atoms with Crippen LogP contribution in [0.1, 0.15) is 63.9 Å². The van der Waals surface area contributed by atoms with E-state index < -0.39 is 16.0 Å². The van der Waals surface area contributed by atoms with E-state index in [1.54, 1.807) is 37.3 Å². The highest BCUT2D eigenvalue weighted by Gasteiger charge is 2.43. The second-order valence-corrected chi connectivity index (χ2v) is 11.5. The van der Waals surface area contributed by atoms with E-state index in [0.717, 1.165) is 37.1 Å². The molecular formula is C29H30ClNO6S. The molecule has 9 heteroatoms. The minimum absolute atomic E-state index is 0.0141. The van der Waals surface area contributed by atoms with Crippen molar-refractivity contribution >= 4 is 33.3 Å². The van der Waals surface area contributed by atoms with Gasteiger partial charge in [-0.2, -0.15) is 8.42 Å². The Balaban J connectivity index is 1.67. The number of hydrogen-bond donors (Lipinski definition) is 0. The fourth-order valence-corrected chi connectivity index (χ4v) is 7.06. The van der Waals surface area contributed by atoms with Crippen LogP contribution in [0.4, 0.5) is 0 Å². The van der Waals surface area contributed by atoms with Crippen molar-refractivity contribution < 1.29 is 26.9 Å². The molecule has 1 aliphatic heterocycles. The third-order valence-electron chi connectivity index (χ3n) is 7.29. The SMILES string of the molecule is CCOc1cc(C2C3=C(CCCC3=O)N(CC)C3=C2C(=O)CCC3)cc(Cl)c1OS(=O)(=O)c1ccccc1. The van der Waals surface area contributed by atoms with Gasteiger partial charge in [0.15, 0.2) is 17.3 Å². The minimum atomic E-state index is -4.18. The monoisotopic (exact) mass is 555 g/mol. The Labute approximate surface area is 228 Å². The van der Waals surface area contributed by atoms with Gasteiger partial charge < -0.3 is 13.8 Å². The second kappa shape index (κ2) is 10.6. The predicted molar refractivity (Wildman–Crippen MR) is 144 cm³/mol. The van der Waals surface area contributed by atoms with Crippen LogP contribution < -0.4 is 8.92 Å². The summed E-state index contributed by atoms with van der Waals surface area (Å²) in [5.74, 6) is -0.509. The summed E-state index contributed by atoms with van der Waals surface area (Å²) in [6.07, 6.45) is 3.91. The highest BCUT2D eigenvalue weighted by atomic mass is 35.5. The fraction of sp³-hybridized carbons (Fsp3) is 0.379. The zero-order chi connectivity index (χ0) is 27.0.